The number of hydrogen-bond acceptors (Lipinski definition) is 6. The SMILES string of the molecule is O=C(O)c1cc(S(=O)(=O)NCC2CSCCS2)ccc1O. The molecule has 0 amide bonds. The van der Waals surface area contributed by atoms with Gasteiger partial charge >= 0.3 is 5.97 Å². The first-order valence-electron chi connectivity index (χ1n) is 6.15. The number of thioether (sulfide) groups is 2. The molecule has 116 valence electrons. The molecule has 1 fully saturated rings. The first kappa shape index (κ1) is 16.5. The third-order valence-electron chi connectivity index (χ3n) is 2.89. The highest BCUT2D eigenvalue weighted by atomic mass is 32.2. The zero-order valence-corrected chi connectivity index (χ0v) is 13.4. The van der Waals surface area contributed by atoms with Crippen LogP contribution >= 0.6 is 23.5 Å². The summed E-state index contributed by atoms with van der Waals surface area (Å²) in [7, 11) is -3.78. The number of carboxylic acids is 1. The lowest BCUT2D eigenvalue weighted by atomic mass is 10.2. The molecule has 1 heterocycles. The van der Waals surface area contributed by atoms with Gasteiger partial charge in [-0.05, 0) is 18.2 Å². The molecular formula is C12H15NO5S3. The molecule has 6 nitrogen and oxygen atoms in total. The summed E-state index contributed by atoms with van der Waals surface area (Å²) in [6.45, 7) is 0.309. The summed E-state index contributed by atoms with van der Waals surface area (Å²) in [5, 5.41) is 18.5. The monoisotopic (exact) mass is 349 g/mol. The summed E-state index contributed by atoms with van der Waals surface area (Å²) in [6.07, 6.45) is 0. The number of benzene rings is 1. The van der Waals surface area contributed by atoms with Crippen molar-refractivity contribution in [2.75, 3.05) is 23.8 Å². The van der Waals surface area contributed by atoms with Gasteiger partial charge in [-0.25, -0.2) is 17.9 Å². The number of aromatic carboxylic acids is 1. The molecule has 1 atom stereocenters. The molecule has 1 aromatic rings. The van der Waals surface area contributed by atoms with Crippen molar-refractivity contribution in [3.05, 3.63) is 23.8 Å². The number of sulfonamides is 1. The van der Waals surface area contributed by atoms with Crippen molar-refractivity contribution in [2.24, 2.45) is 0 Å². The van der Waals surface area contributed by atoms with E-state index in [0.29, 0.717) is 6.54 Å². The van der Waals surface area contributed by atoms with Crippen LogP contribution in [0.25, 0.3) is 0 Å². The first-order valence-corrected chi connectivity index (χ1v) is 9.84. The fourth-order valence-electron chi connectivity index (χ4n) is 1.79. The Labute approximate surface area is 131 Å². The molecule has 0 aliphatic carbocycles. The highest BCUT2D eigenvalue weighted by Crippen LogP contribution is 2.24. The van der Waals surface area contributed by atoms with Crippen molar-refractivity contribution in [2.45, 2.75) is 10.1 Å². The number of carbonyl (C=O) groups is 1. The van der Waals surface area contributed by atoms with E-state index in [0.717, 1.165) is 29.4 Å². The lowest BCUT2D eigenvalue weighted by Crippen LogP contribution is -2.33. The lowest BCUT2D eigenvalue weighted by molar-refractivity contribution is 0.0693. The summed E-state index contributed by atoms with van der Waals surface area (Å²) in [5.74, 6) is 1.14. The molecule has 1 aliphatic heterocycles. The van der Waals surface area contributed by atoms with E-state index in [2.05, 4.69) is 4.72 Å². The Bertz CT molecular complexity index is 626. The van der Waals surface area contributed by atoms with Crippen LogP contribution < -0.4 is 4.72 Å². The second-order valence-electron chi connectivity index (χ2n) is 4.40. The quantitative estimate of drug-likeness (QED) is 0.734. The zero-order chi connectivity index (χ0) is 15.5. The van der Waals surface area contributed by atoms with Crippen LogP contribution in [0.15, 0.2) is 23.1 Å². The Morgan fingerprint density at radius 2 is 2.14 bits per heavy atom. The van der Waals surface area contributed by atoms with Crippen molar-refractivity contribution < 1.29 is 23.4 Å². The summed E-state index contributed by atoms with van der Waals surface area (Å²) >= 11 is 3.52. The smallest absolute Gasteiger partial charge is 0.339 e. The highest BCUT2D eigenvalue weighted by Gasteiger charge is 2.21. The Kier molecular flexibility index (Phi) is 5.42. The second kappa shape index (κ2) is 6.91. The number of aromatic hydroxyl groups is 1. The van der Waals surface area contributed by atoms with Gasteiger partial charge in [0.15, 0.2) is 0 Å². The Balaban J connectivity index is 2.11. The summed E-state index contributed by atoms with van der Waals surface area (Å²) in [6, 6.07) is 3.22. The minimum atomic E-state index is -3.78. The van der Waals surface area contributed by atoms with Crippen molar-refractivity contribution in [1.82, 2.24) is 4.72 Å². The van der Waals surface area contributed by atoms with E-state index >= 15 is 0 Å². The largest absolute Gasteiger partial charge is 0.507 e. The summed E-state index contributed by atoms with van der Waals surface area (Å²) in [5.41, 5.74) is -0.430. The minimum Gasteiger partial charge on any atom is -0.507 e. The maximum Gasteiger partial charge on any atom is 0.339 e. The van der Waals surface area contributed by atoms with Crippen LogP contribution in [0.5, 0.6) is 5.75 Å². The summed E-state index contributed by atoms with van der Waals surface area (Å²) < 4.78 is 26.8. The third-order valence-corrected chi connectivity index (χ3v) is 7.16. The molecule has 0 saturated carbocycles. The Hall–Kier alpha value is -0.900. The molecule has 2 rings (SSSR count). The van der Waals surface area contributed by atoms with Gasteiger partial charge in [-0.15, -0.1) is 0 Å². The van der Waals surface area contributed by atoms with E-state index in [-0.39, 0.29) is 10.1 Å². The molecule has 0 bridgehead atoms. The molecule has 21 heavy (non-hydrogen) atoms. The molecule has 1 aliphatic rings. The maximum absolute atomic E-state index is 12.2. The molecule has 9 heteroatoms. The van der Waals surface area contributed by atoms with Gasteiger partial charge in [0.2, 0.25) is 10.0 Å². The average Bonchev–Trinajstić information content (AvgIpc) is 2.46. The van der Waals surface area contributed by atoms with E-state index in [4.69, 9.17) is 5.11 Å². The number of nitrogens with one attached hydrogen (secondary N) is 1. The number of carboxylic acid groups (broad SMARTS) is 1. The van der Waals surface area contributed by atoms with Gasteiger partial charge in [-0.2, -0.15) is 23.5 Å². The number of phenols is 1. The normalized spacial score (nSPS) is 19.3. The average molecular weight is 349 g/mol. The predicted molar refractivity (Wildman–Crippen MR) is 83.8 cm³/mol. The van der Waals surface area contributed by atoms with Crippen LogP contribution in [0.3, 0.4) is 0 Å². The molecule has 1 aromatic carbocycles. The fourth-order valence-corrected chi connectivity index (χ4v) is 5.62. The second-order valence-corrected chi connectivity index (χ2v) is 8.73. The molecule has 1 unspecified atom stereocenters. The standard InChI is InChI=1S/C12H15NO5S3/c14-11-2-1-9(5-10(11)12(15)16)21(17,18)13-6-8-7-19-3-4-20-8/h1-2,5,8,13-14H,3-4,6-7H2,(H,15,16). The topological polar surface area (TPSA) is 104 Å². The molecule has 0 aromatic heterocycles. The number of rotatable bonds is 5. The Morgan fingerprint density at radius 1 is 1.38 bits per heavy atom. The third kappa shape index (κ3) is 4.29. The molecule has 1 saturated heterocycles. The van der Waals surface area contributed by atoms with Crippen molar-refractivity contribution >= 4 is 39.5 Å². The van der Waals surface area contributed by atoms with Crippen LogP contribution in [-0.2, 0) is 10.0 Å². The highest BCUT2D eigenvalue weighted by molar-refractivity contribution is 8.06. The van der Waals surface area contributed by atoms with Gasteiger partial charge in [0.1, 0.15) is 11.3 Å². The first-order chi connectivity index (χ1) is 9.90. The van der Waals surface area contributed by atoms with Gasteiger partial charge in [0.25, 0.3) is 0 Å². The molecule has 3 N–H and O–H groups in total. The zero-order valence-electron chi connectivity index (χ0n) is 11.0. The molecular weight excluding hydrogens is 334 g/mol. The Morgan fingerprint density at radius 3 is 2.76 bits per heavy atom. The van der Waals surface area contributed by atoms with E-state index in [9.17, 15) is 18.3 Å². The minimum absolute atomic E-state index is 0.161. The van der Waals surface area contributed by atoms with Crippen LogP contribution in [0, 0.1) is 0 Å². The van der Waals surface area contributed by atoms with Gasteiger partial charge < -0.3 is 10.2 Å². The van der Waals surface area contributed by atoms with Crippen LogP contribution in [0.1, 0.15) is 10.4 Å². The molecule has 0 radical (unpaired) electrons. The van der Waals surface area contributed by atoms with Gasteiger partial charge in [-0.1, -0.05) is 0 Å². The van der Waals surface area contributed by atoms with Gasteiger partial charge in [0, 0.05) is 29.1 Å². The van der Waals surface area contributed by atoms with E-state index in [1.54, 1.807) is 23.5 Å². The maximum atomic E-state index is 12.2. The van der Waals surface area contributed by atoms with Crippen LogP contribution in [-0.4, -0.2) is 53.7 Å². The van der Waals surface area contributed by atoms with E-state index in [1.807, 2.05) is 0 Å². The van der Waals surface area contributed by atoms with Gasteiger partial charge in [0.05, 0.1) is 4.90 Å². The van der Waals surface area contributed by atoms with Crippen molar-refractivity contribution in [3.8, 4) is 5.75 Å². The number of hydrogen-bond donors (Lipinski definition) is 3. The van der Waals surface area contributed by atoms with E-state index in [1.165, 1.54) is 6.07 Å². The fraction of sp³-hybridized carbons (Fsp3) is 0.417. The van der Waals surface area contributed by atoms with Crippen LogP contribution in [0.4, 0.5) is 0 Å². The van der Waals surface area contributed by atoms with Crippen molar-refractivity contribution in [3.63, 3.8) is 0 Å². The van der Waals surface area contributed by atoms with E-state index < -0.39 is 27.3 Å². The predicted octanol–water partition coefficient (Wildman–Crippen LogP) is 1.22. The summed E-state index contributed by atoms with van der Waals surface area (Å²) in [4.78, 5) is 10.8. The van der Waals surface area contributed by atoms with Crippen LogP contribution in [0.2, 0.25) is 0 Å². The lowest BCUT2D eigenvalue weighted by Gasteiger charge is -2.21. The van der Waals surface area contributed by atoms with Gasteiger partial charge in [-0.3, -0.25) is 0 Å². The van der Waals surface area contributed by atoms with Crippen molar-refractivity contribution in [1.29, 1.82) is 0 Å². The molecule has 0 spiro atoms.